The fraction of sp³-hybridized carbons (Fsp3) is 0.667. The Morgan fingerprint density at radius 1 is 1.48 bits per heavy atom. The van der Waals surface area contributed by atoms with Gasteiger partial charge in [-0.3, -0.25) is 4.99 Å². The average molecular weight is 373 g/mol. The molecule has 0 aliphatic carbocycles. The fourth-order valence-corrected chi connectivity index (χ4v) is 3.96. The standard InChI is InChI=1S/C15H25BrN4S/c1-11(2)20-6-4-13(5-7-20)19-15(17-3)18-9-14-8-12(16)10-21-14/h8,10-11,13H,4-7,9H2,1-3H3,(H2,17,18,19). The number of likely N-dealkylation sites (tertiary alicyclic amines) is 1. The number of hydrogen-bond donors (Lipinski definition) is 2. The van der Waals surface area contributed by atoms with Crippen molar-refractivity contribution >= 4 is 33.2 Å². The van der Waals surface area contributed by atoms with Gasteiger partial charge in [0.25, 0.3) is 0 Å². The van der Waals surface area contributed by atoms with Gasteiger partial charge in [-0.1, -0.05) is 0 Å². The highest BCUT2D eigenvalue weighted by molar-refractivity contribution is 9.10. The summed E-state index contributed by atoms with van der Waals surface area (Å²) >= 11 is 5.24. The van der Waals surface area contributed by atoms with E-state index in [4.69, 9.17) is 0 Å². The lowest BCUT2D eigenvalue weighted by Crippen LogP contribution is -2.49. The van der Waals surface area contributed by atoms with Crippen LogP contribution >= 0.6 is 27.3 Å². The first-order valence-electron chi connectivity index (χ1n) is 7.52. The molecule has 0 aromatic carbocycles. The number of piperidine rings is 1. The van der Waals surface area contributed by atoms with Crippen molar-refractivity contribution in [1.82, 2.24) is 15.5 Å². The summed E-state index contributed by atoms with van der Waals surface area (Å²) in [5.74, 6) is 0.905. The molecule has 2 N–H and O–H groups in total. The highest BCUT2D eigenvalue weighted by Gasteiger charge is 2.21. The van der Waals surface area contributed by atoms with E-state index < -0.39 is 0 Å². The zero-order chi connectivity index (χ0) is 15.2. The molecule has 1 aromatic rings. The SMILES string of the molecule is CN=C(NCc1cc(Br)cs1)NC1CCN(C(C)C)CC1. The molecule has 0 saturated carbocycles. The Labute approximate surface area is 140 Å². The second-order valence-corrected chi connectivity index (χ2v) is 7.62. The Morgan fingerprint density at radius 2 is 2.19 bits per heavy atom. The van der Waals surface area contributed by atoms with Gasteiger partial charge in [-0.15, -0.1) is 11.3 Å². The van der Waals surface area contributed by atoms with Crippen molar-refractivity contribution in [2.75, 3.05) is 20.1 Å². The van der Waals surface area contributed by atoms with Crippen molar-refractivity contribution in [2.24, 2.45) is 4.99 Å². The maximum absolute atomic E-state index is 4.33. The molecule has 1 saturated heterocycles. The molecule has 118 valence electrons. The Hall–Kier alpha value is -0.590. The number of nitrogens with zero attached hydrogens (tertiary/aromatic N) is 2. The van der Waals surface area contributed by atoms with Crippen LogP contribution in [-0.4, -0.2) is 43.1 Å². The minimum absolute atomic E-state index is 0.529. The molecule has 0 atom stereocenters. The molecular formula is C15H25BrN4S. The summed E-state index contributed by atoms with van der Waals surface area (Å²) < 4.78 is 1.15. The van der Waals surface area contributed by atoms with E-state index in [1.807, 2.05) is 7.05 Å². The van der Waals surface area contributed by atoms with E-state index in [1.165, 1.54) is 30.8 Å². The zero-order valence-electron chi connectivity index (χ0n) is 13.0. The lowest BCUT2D eigenvalue weighted by atomic mass is 10.0. The smallest absolute Gasteiger partial charge is 0.191 e. The van der Waals surface area contributed by atoms with E-state index in [2.05, 4.69) is 61.7 Å². The van der Waals surface area contributed by atoms with Crippen LogP contribution in [0.4, 0.5) is 0 Å². The summed E-state index contributed by atoms with van der Waals surface area (Å²) in [7, 11) is 1.84. The normalized spacial score (nSPS) is 18.2. The van der Waals surface area contributed by atoms with E-state index >= 15 is 0 Å². The topological polar surface area (TPSA) is 39.7 Å². The van der Waals surface area contributed by atoms with Gasteiger partial charge in [0, 0.05) is 47.0 Å². The van der Waals surface area contributed by atoms with Gasteiger partial charge >= 0.3 is 0 Å². The fourth-order valence-electron chi connectivity index (χ4n) is 2.57. The van der Waals surface area contributed by atoms with Crippen LogP contribution in [0.3, 0.4) is 0 Å². The van der Waals surface area contributed by atoms with Gasteiger partial charge in [-0.05, 0) is 48.7 Å². The van der Waals surface area contributed by atoms with Crippen LogP contribution in [0.2, 0.25) is 0 Å². The summed E-state index contributed by atoms with van der Waals surface area (Å²) in [6, 6.07) is 3.33. The Kier molecular flexibility index (Phi) is 6.51. The van der Waals surface area contributed by atoms with Gasteiger partial charge in [-0.2, -0.15) is 0 Å². The third-order valence-corrected chi connectivity index (χ3v) is 5.57. The minimum Gasteiger partial charge on any atom is -0.354 e. The monoisotopic (exact) mass is 372 g/mol. The van der Waals surface area contributed by atoms with Crippen molar-refractivity contribution in [1.29, 1.82) is 0 Å². The molecule has 1 fully saturated rings. The molecular weight excluding hydrogens is 348 g/mol. The van der Waals surface area contributed by atoms with Crippen molar-refractivity contribution in [2.45, 2.75) is 45.3 Å². The van der Waals surface area contributed by atoms with Crippen molar-refractivity contribution in [3.05, 3.63) is 20.8 Å². The summed E-state index contributed by atoms with van der Waals surface area (Å²) in [5, 5.41) is 9.05. The first-order chi connectivity index (χ1) is 10.1. The van der Waals surface area contributed by atoms with Crippen LogP contribution in [0, 0.1) is 0 Å². The minimum atomic E-state index is 0.529. The highest BCUT2D eigenvalue weighted by Crippen LogP contribution is 2.19. The molecule has 0 bridgehead atoms. The Balaban J connectivity index is 1.75. The lowest BCUT2D eigenvalue weighted by Gasteiger charge is -2.35. The third-order valence-electron chi connectivity index (χ3n) is 3.88. The molecule has 1 aromatic heterocycles. The molecule has 0 spiro atoms. The third kappa shape index (κ3) is 5.27. The lowest BCUT2D eigenvalue weighted by molar-refractivity contribution is 0.167. The number of thiophene rings is 1. The maximum atomic E-state index is 4.33. The van der Waals surface area contributed by atoms with Crippen LogP contribution in [-0.2, 0) is 6.54 Å². The first-order valence-corrected chi connectivity index (χ1v) is 9.20. The van der Waals surface area contributed by atoms with Gasteiger partial charge in [0.2, 0.25) is 0 Å². The molecule has 6 heteroatoms. The predicted molar refractivity (Wildman–Crippen MR) is 95.1 cm³/mol. The largest absolute Gasteiger partial charge is 0.354 e. The molecule has 2 heterocycles. The second kappa shape index (κ2) is 8.15. The predicted octanol–water partition coefficient (Wildman–Crippen LogP) is 3.05. The quantitative estimate of drug-likeness (QED) is 0.630. The van der Waals surface area contributed by atoms with Gasteiger partial charge in [0.15, 0.2) is 5.96 Å². The Bertz CT molecular complexity index is 464. The average Bonchev–Trinajstić information content (AvgIpc) is 2.89. The number of hydrogen-bond acceptors (Lipinski definition) is 3. The van der Waals surface area contributed by atoms with E-state index in [0.29, 0.717) is 12.1 Å². The van der Waals surface area contributed by atoms with Crippen LogP contribution in [0.25, 0.3) is 0 Å². The molecule has 0 radical (unpaired) electrons. The molecule has 1 aliphatic heterocycles. The van der Waals surface area contributed by atoms with Gasteiger partial charge < -0.3 is 15.5 Å². The summed E-state index contributed by atoms with van der Waals surface area (Å²) in [4.78, 5) is 8.18. The number of guanidine groups is 1. The summed E-state index contributed by atoms with van der Waals surface area (Å²) in [6.45, 7) is 7.70. The van der Waals surface area contributed by atoms with Gasteiger partial charge in [0.05, 0.1) is 6.54 Å². The Morgan fingerprint density at radius 3 is 2.71 bits per heavy atom. The highest BCUT2D eigenvalue weighted by atomic mass is 79.9. The molecule has 0 amide bonds. The second-order valence-electron chi connectivity index (χ2n) is 5.71. The van der Waals surface area contributed by atoms with E-state index in [1.54, 1.807) is 11.3 Å². The first kappa shape index (κ1) is 16.8. The van der Waals surface area contributed by atoms with Crippen molar-refractivity contribution in [3.8, 4) is 0 Å². The van der Waals surface area contributed by atoms with E-state index in [9.17, 15) is 0 Å². The summed E-state index contributed by atoms with van der Waals surface area (Å²) in [5.41, 5.74) is 0. The number of halogens is 1. The van der Waals surface area contributed by atoms with Gasteiger partial charge in [-0.25, -0.2) is 0 Å². The summed E-state index contributed by atoms with van der Waals surface area (Å²) in [6.07, 6.45) is 2.37. The molecule has 2 rings (SSSR count). The van der Waals surface area contributed by atoms with Crippen molar-refractivity contribution < 1.29 is 0 Å². The van der Waals surface area contributed by atoms with Gasteiger partial charge in [0.1, 0.15) is 0 Å². The van der Waals surface area contributed by atoms with E-state index in [-0.39, 0.29) is 0 Å². The van der Waals surface area contributed by atoms with Crippen LogP contribution in [0.1, 0.15) is 31.6 Å². The maximum Gasteiger partial charge on any atom is 0.191 e. The molecule has 0 unspecified atom stereocenters. The van der Waals surface area contributed by atoms with Crippen LogP contribution in [0.5, 0.6) is 0 Å². The van der Waals surface area contributed by atoms with Crippen molar-refractivity contribution in [3.63, 3.8) is 0 Å². The zero-order valence-corrected chi connectivity index (χ0v) is 15.4. The number of aliphatic imine (C=N–C) groups is 1. The number of nitrogens with one attached hydrogen (secondary N) is 2. The van der Waals surface area contributed by atoms with Crippen LogP contribution < -0.4 is 10.6 Å². The molecule has 1 aliphatic rings. The van der Waals surface area contributed by atoms with E-state index in [0.717, 1.165) is 17.0 Å². The molecule has 4 nitrogen and oxygen atoms in total. The van der Waals surface area contributed by atoms with Crippen LogP contribution in [0.15, 0.2) is 20.9 Å². The molecule has 21 heavy (non-hydrogen) atoms. The number of rotatable bonds is 4.